The maximum atomic E-state index is 13.2. The molecule has 0 bridgehead atoms. The van der Waals surface area contributed by atoms with Gasteiger partial charge >= 0.3 is 0 Å². The van der Waals surface area contributed by atoms with E-state index in [0.29, 0.717) is 30.1 Å². The molecule has 0 aliphatic carbocycles. The third kappa shape index (κ3) is 4.34. The van der Waals surface area contributed by atoms with Crippen molar-refractivity contribution in [1.82, 2.24) is 14.7 Å². The Hall–Kier alpha value is -3.13. The molecule has 0 saturated carbocycles. The Bertz CT molecular complexity index is 1190. The highest BCUT2D eigenvalue weighted by atomic mass is 32.2. The van der Waals surface area contributed by atoms with Gasteiger partial charge in [0, 0.05) is 25.7 Å². The van der Waals surface area contributed by atoms with Crippen LogP contribution in [0.25, 0.3) is 11.3 Å². The van der Waals surface area contributed by atoms with Crippen molar-refractivity contribution in [3.05, 3.63) is 71.9 Å². The van der Waals surface area contributed by atoms with Crippen LogP contribution in [0, 0.1) is 0 Å². The van der Waals surface area contributed by atoms with Crippen LogP contribution in [0.15, 0.2) is 60.7 Å². The monoisotopic (exact) mass is 439 g/mol. The molecule has 1 aliphatic rings. The molecule has 1 fully saturated rings. The fraction of sp³-hybridized carbons (Fsp3) is 0.304. The van der Waals surface area contributed by atoms with Crippen LogP contribution in [0.3, 0.4) is 0 Å². The van der Waals surface area contributed by atoms with Gasteiger partial charge in [0.05, 0.1) is 23.8 Å². The summed E-state index contributed by atoms with van der Waals surface area (Å²) in [6, 6.07) is 18.4. The summed E-state index contributed by atoms with van der Waals surface area (Å²) in [7, 11) is -0.0272. The summed E-state index contributed by atoms with van der Waals surface area (Å²) in [6.07, 6.45) is 0.374. The van der Waals surface area contributed by atoms with Crippen LogP contribution in [0.5, 0.6) is 5.75 Å². The number of methoxy groups -OCH3 is 1. The Balaban J connectivity index is 1.57. The maximum absolute atomic E-state index is 13.2. The molecule has 0 N–H and O–H groups in total. The molecule has 1 aromatic heterocycles. The lowest BCUT2D eigenvalue weighted by Crippen LogP contribution is -2.34. The predicted molar refractivity (Wildman–Crippen MR) is 119 cm³/mol. The molecule has 2 aromatic carbocycles. The number of nitrogens with zero attached hydrogens (tertiary/aromatic N) is 3. The number of benzene rings is 2. The molecule has 8 heteroatoms. The zero-order valence-electron chi connectivity index (χ0n) is 17.6. The van der Waals surface area contributed by atoms with Gasteiger partial charge in [0.25, 0.3) is 5.91 Å². The van der Waals surface area contributed by atoms with Gasteiger partial charge < -0.3 is 9.64 Å². The van der Waals surface area contributed by atoms with Crippen LogP contribution in [-0.2, 0) is 16.9 Å². The number of rotatable bonds is 4. The van der Waals surface area contributed by atoms with E-state index in [4.69, 9.17) is 4.74 Å². The quantitative estimate of drug-likeness (QED) is 0.624. The van der Waals surface area contributed by atoms with Gasteiger partial charge in [-0.3, -0.25) is 9.48 Å². The van der Waals surface area contributed by atoms with E-state index in [9.17, 15) is 13.2 Å². The van der Waals surface area contributed by atoms with Crippen LogP contribution in [0.1, 0.15) is 27.7 Å². The lowest BCUT2D eigenvalue weighted by atomic mass is 10.1. The fourth-order valence-corrected chi connectivity index (χ4v) is 5.74. The number of amides is 1. The highest BCUT2D eigenvalue weighted by Crippen LogP contribution is 2.30. The van der Waals surface area contributed by atoms with Crippen molar-refractivity contribution in [2.45, 2.75) is 11.7 Å². The minimum absolute atomic E-state index is 0.0567. The second-order valence-corrected chi connectivity index (χ2v) is 9.92. The molecule has 7 nitrogen and oxygen atoms in total. The summed E-state index contributed by atoms with van der Waals surface area (Å²) in [4.78, 5) is 14.9. The smallest absolute Gasteiger partial charge is 0.272 e. The Kier molecular flexibility index (Phi) is 5.82. The van der Waals surface area contributed by atoms with Gasteiger partial charge in [0.15, 0.2) is 9.84 Å². The topological polar surface area (TPSA) is 81.5 Å². The van der Waals surface area contributed by atoms with Crippen LogP contribution >= 0.6 is 0 Å². The molecule has 1 amide bonds. The van der Waals surface area contributed by atoms with Crippen molar-refractivity contribution in [1.29, 1.82) is 0 Å². The summed E-state index contributed by atoms with van der Waals surface area (Å²) in [5.74, 6) is 0.438. The first-order chi connectivity index (χ1) is 14.9. The Labute approximate surface area is 182 Å². The molecule has 1 atom stereocenters. The third-order valence-electron chi connectivity index (χ3n) is 5.66. The first-order valence-corrected chi connectivity index (χ1v) is 11.8. The van der Waals surface area contributed by atoms with Crippen LogP contribution in [-0.4, -0.2) is 55.0 Å². The number of aryl methyl sites for hydroxylation is 1. The van der Waals surface area contributed by atoms with Crippen molar-refractivity contribution in [3.8, 4) is 17.0 Å². The summed E-state index contributed by atoms with van der Waals surface area (Å²) in [5.41, 5.74) is 2.71. The average molecular weight is 440 g/mol. The molecule has 162 valence electrons. The van der Waals surface area contributed by atoms with Gasteiger partial charge in [-0.25, -0.2) is 8.42 Å². The molecule has 4 rings (SSSR count). The molecule has 31 heavy (non-hydrogen) atoms. The zero-order chi connectivity index (χ0) is 22.0. The normalized spacial score (nSPS) is 18.4. The zero-order valence-corrected chi connectivity index (χ0v) is 18.4. The Morgan fingerprint density at radius 3 is 2.58 bits per heavy atom. The van der Waals surface area contributed by atoms with Gasteiger partial charge in [-0.05, 0) is 30.2 Å². The van der Waals surface area contributed by atoms with Gasteiger partial charge in [-0.15, -0.1) is 0 Å². The van der Waals surface area contributed by atoms with Crippen molar-refractivity contribution < 1.29 is 17.9 Å². The molecular weight excluding hydrogens is 414 g/mol. The number of sulfone groups is 1. The highest BCUT2D eigenvalue weighted by Gasteiger charge is 2.33. The number of ether oxygens (including phenoxy) is 1. The number of carbonyl (C=O) groups is 1. The summed E-state index contributed by atoms with van der Waals surface area (Å²) >= 11 is 0. The second-order valence-electron chi connectivity index (χ2n) is 7.62. The molecule has 0 spiro atoms. The highest BCUT2D eigenvalue weighted by molar-refractivity contribution is 7.91. The first kappa shape index (κ1) is 21.1. The van der Waals surface area contributed by atoms with E-state index < -0.39 is 15.1 Å². The van der Waals surface area contributed by atoms with Crippen molar-refractivity contribution in [3.63, 3.8) is 0 Å². The van der Waals surface area contributed by atoms with E-state index in [1.807, 2.05) is 54.6 Å². The second kappa shape index (κ2) is 8.55. The third-order valence-corrected chi connectivity index (χ3v) is 7.79. The Morgan fingerprint density at radius 2 is 1.84 bits per heavy atom. The lowest BCUT2D eigenvalue weighted by molar-refractivity contribution is 0.0755. The van der Waals surface area contributed by atoms with E-state index in [1.165, 1.54) is 0 Å². The predicted octanol–water partition coefficient (Wildman–Crippen LogP) is 3.10. The van der Waals surface area contributed by atoms with Gasteiger partial charge in [-0.1, -0.05) is 42.5 Å². The van der Waals surface area contributed by atoms with Crippen LogP contribution < -0.4 is 4.74 Å². The standard InChI is InChI=1S/C23H25N3O4S/c1-25-21(16-20(24-25)18-9-6-10-19(15-18)30-2)23(27)26-12-11-22(31(28,29)14-13-26)17-7-4-3-5-8-17/h3-10,15-16,22H,11-14H2,1-2H3/t22-/m0/s1. The minimum atomic E-state index is -3.35. The summed E-state index contributed by atoms with van der Waals surface area (Å²) in [5, 5.41) is 3.89. The van der Waals surface area contributed by atoms with Crippen molar-refractivity contribution in [2.75, 3.05) is 26.0 Å². The maximum Gasteiger partial charge on any atom is 0.272 e. The largest absolute Gasteiger partial charge is 0.497 e. The lowest BCUT2D eigenvalue weighted by Gasteiger charge is -2.19. The first-order valence-electron chi connectivity index (χ1n) is 10.1. The fourth-order valence-electron chi connectivity index (χ4n) is 3.94. The molecule has 1 saturated heterocycles. The summed E-state index contributed by atoms with van der Waals surface area (Å²) < 4.78 is 32.5. The van der Waals surface area contributed by atoms with E-state index in [-0.39, 0.29) is 18.2 Å². The van der Waals surface area contributed by atoms with Crippen molar-refractivity contribution >= 4 is 15.7 Å². The van der Waals surface area contributed by atoms with E-state index in [1.54, 1.807) is 29.8 Å². The number of hydrogen-bond acceptors (Lipinski definition) is 5. The minimum Gasteiger partial charge on any atom is -0.497 e. The SMILES string of the molecule is COc1cccc(-c2cc(C(=O)N3CC[C@@H](c4ccccc4)S(=O)(=O)CC3)n(C)n2)c1. The van der Waals surface area contributed by atoms with E-state index in [0.717, 1.165) is 11.1 Å². The Morgan fingerprint density at radius 1 is 1.06 bits per heavy atom. The average Bonchev–Trinajstić information content (AvgIpc) is 3.09. The summed E-state index contributed by atoms with van der Waals surface area (Å²) in [6.45, 7) is 0.543. The number of carbonyl (C=O) groups excluding carboxylic acids is 1. The van der Waals surface area contributed by atoms with Crippen LogP contribution in [0.2, 0.25) is 0 Å². The molecule has 2 heterocycles. The van der Waals surface area contributed by atoms with Gasteiger partial charge in [0.1, 0.15) is 11.4 Å². The molecular formula is C23H25N3O4S. The molecule has 3 aromatic rings. The van der Waals surface area contributed by atoms with Crippen molar-refractivity contribution in [2.24, 2.45) is 7.05 Å². The molecule has 1 aliphatic heterocycles. The van der Waals surface area contributed by atoms with E-state index >= 15 is 0 Å². The van der Waals surface area contributed by atoms with E-state index in [2.05, 4.69) is 5.10 Å². The molecule has 0 unspecified atom stereocenters. The van der Waals surface area contributed by atoms with Gasteiger partial charge in [0.2, 0.25) is 0 Å². The number of hydrogen-bond donors (Lipinski definition) is 0. The van der Waals surface area contributed by atoms with Gasteiger partial charge in [-0.2, -0.15) is 5.10 Å². The molecule has 0 radical (unpaired) electrons. The van der Waals surface area contributed by atoms with Crippen LogP contribution in [0.4, 0.5) is 0 Å². The number of aromatic nitrogens is 2.